The number of carbonyl (C=O) groups is 1. The third-order valence-electron chi connectivity index (χ3n) is 13.4. The predicted molar refractivity (Wildman–Crippen MR) is 264 cm³/mol. The van der Waals surface area contributed by atoms with Gasteiger partial charge in [-0.3, -0.25) is 4.79 Å². The van der Waals surface area contributed by atoms with Crippen molar-refractivity contribution in [3.63, 3.8) is 0 Å². The maximum absolute atomic E-state index is 13.1. The Hall–Kier alpha value is -5.30. The highest BCUT2D eigenvalue weighted by atomic mass is 32.2. The molecule has 4 saturated heterocycles. The molecule has 2 spiro atoms. The van der Waals surface area contributed by atoms with E-state index in [0.717, 1.165) is 85.3 Å². The number of aromatic nitrogens is 4. The van der Waals surface area contributed by atoms with Crippen LogP contribution in [0.1, 0.15) is 55.4 Å². The second kappa shape index (κ2) is 19.7. The molecule has 1 N–H and O–H groups in total. The van der Waals surface area contributed by atoms with Crippen LogP contribution in [0.25, 0.3) is 0 Å². The van der Waals surface area contributed by atoms with Crippen LogP contribution in [0, 0.1) is 22.5 Å². The number of nitrogens with one attached hydrogen (secondary N) is 1. The van der Waals surface area contributed by atoms with Crippen molar-refractivity contribution in [2.75, 3.05) is 73.7 Å². The van der Waals surface area contributed by atoms with Gasteiger partial charge in [-0.05, 0) is 110 Å². The van der Waals surface area contributed by atoms with Gasteiger partial charge in [-0.1, -0.05) is 24.3 Å². The topological polar surface area (TPSA) is 196 Å². The Morgan fingerprint density at radius 2 is 0.929 bits per heavy atom. The first-order valence-corrected chi connectivity index (χ1v) is 28.9. The predicted octanol–water partition coefficient (Wildman–Crippen LogP) is 6.48. The number of nitrogens with zero attached hydrogens (tertiary/aromatic N) is 8. The van der Waals surface area contributed by atoms with Crippen molar-refractivity contribution in [2.45, 2.75) is 60.1 Å². The number of hydrogen-bond donors (Lipinski definition) is 1. The minimum atomic E-state index is -3.67. The van der Waals surface area contributed by atoms with Crippen molar-refractivity contribution in [3.05, 3.63) is 131 Å². The molecule has 4 fully saturated rings. The Morgan fingerprint density at radius 1 is 0.571 bits per heavy atom. The molecule has 0 bridgehead atoms. The zero-order valence-corrected chi connectivity index (χ0v) is 42.5. The van der Waals surface area contributed by atoms with Gasteiger partial charge in [0.15, 0.2) is 9.84 Å². The molecular weight excluding hydrogens is 1000 g/mol. The van der Waals surface area contributed by atoms with Gasteiger partial charge in [0.05, 0.1) is 14.7 Å². The van der Waals surface area contributed by atoms with Gasteiger partial charge in [-0.25, -0.2) is 44.0 Å². The van der Waals surface area contributed by atoms with Crippen LogP contribution in [0.5, 0.6) is 0 Å². The molecule has 16 nitrogen and oxygen atoms in total. The van der Waals surface area contributed by atoms with Gasteiger partial charge in [0.2, 0.25) is 36.2 Å². The molecule has 0 saturated carbocycles. The summed E-state index contributed by atoms with van der Waals surface area (Å²) < 4.78 is 114. The molecule has 370 valence electrons. The van der Waals surface area contributed by atoms with Gasteiger partial charge < -0.3 is 15.1 Å². The average Bonchev–Trinajstić information content (AvgIpc) is 3.98. The standard InChI is InChI=1S/C24H26FN5O3S2.C23H25FN4O4S3/c1-17(31)26-20-6-8-21(9-7-20)35(32,33)30-12-10-24(11-13-30)15-29(16-24)23-27-22(28-34-23)14-18-2-4-19(25)5-3-18;1-34(29,30)19-6-8-20(9-7-19)35(31,32)28-12-10-23(11-13-28)15-27(16-23)22-25-21(26-33-22)14-17-2-4-18(24)5-3-17/h2-9H,10-16H2,1H3,(H,26,31);2-9H,10-16H2,1H3. The van der Waals surface area contributed by atoms with E-state index in [4.69, 9.17) is 0 Å². The molecule has 10 rings (SSSR count). The van der Waals surface area contributed by atoms with Crippen LogP contribution >= 0.6 is 23.1 Å². The molecule has 2 aromatic heterocycles. The number of sulfonamides is 2. The molecular formula is C47H51F2N9O7S5. The lowest BCUT2D eigenvalue weighted by Gasteiger charge is -2.53. The maximum atomic E-state index is 13.1. The van der Waals surface area contributed by atoms with Crippen molar-refractivity contribution in [2.24, 2.45) is 10.8 Å². The van der Waals surface area contributed by atoms with Gasteiger partial charge in [-0.2, -0.15) is 17.4 Å². The van der Waals surface area contributed by atoms with E-state index >= 15 is 0 Å². The van der Waals surface area contributed by atoms with Crippen LogP contribution < -0.4 is 15.1 Å². The van der Waals surface area contributed by atoms with Crippen LogP contribution in [0.3, 0.4) is 0 Å². The molecule has 70 heavy (non-hydrogen) atoms. The number of sulfone groups is 1. The lowest BCUT2D eigenvalue weighted by atomic mass is 9.73. The van der Waals surface area contributed by atoms with Crippen molar-refractivity contribution >= 4 is 74.8 Å². The minimum absolute atomic E-state index is 0.0644. The van der Waals surface area contributed by atoms with E-state index < -0.39 is 29.9 Å². The van der Waals surface area contributed by atoms with E-state index in [0.29, 0.717) is 50.5 Å². The van der Waals surface area contributed by atoms with E-state index in [1.165, 1.54) is 95.0 Å². The van der Waals surface area contributed by atoms with Crippen molar-refractivity contribution in [3.8, 4) is 0 Å². The molecule has 4 aromatic carbocycles. The number of hydrogen-bond acceptors (Lipinski definition) is 15. The number of amides is 1. The number of anilines is 3. The third-order valence-corrected chi connectivity index (χ3v) is 20.0. The van der Waals surface area contributed by atoms with Crippen molar-refractivity contribution < 1.29 is 38.8 Å². The van der Waals surface area contributed by atoms with Crippen molar-refractivity contribution in [1.82, 2.24) is 27.3 Å². The number of halogens is 2. The molecule has 6 aromatic rings. The summed E-state index contributed by atoms with van der Waals surface area (Å²) in [6.07, 6.45) is 5.32. The molecule has 4 aliphatic heterocycles. The normalized spacial score (nSPS) is 18.2. The van der Waals surface area contributed by atoms with E-state index in [2.05, 4.69) is 33.8 Å². The molecule has 23 heteroatoms. The Balaban J connectivity index is 0.000000174. The highest BCUT2D eigenvalue weighted by Crippen LogP contribution is 2.45. The van der Waals surface area contributed by atoms with Crippen LogP contribution in [-0.4, -0.2) is 117 Å². The molecule has 0 atom stereocenters. The summed E-state index contributed by atoms with van der Waals surface area (Å²) in [5.74, 6) is 0.706. The maximum Gasteiger partial charge on any atom is 0.243 e. The highest BCUT2D eigenvalue weighted by molar-refractivity contribution is 7.91. The summed E-state index contributed by atoms with van der Waals surface area (Å²) in [6, 6.07) is 24.4. The van der Waals surface area contributed by atoms with E-state index in [-0.39, 0.29) is 43.1 Å². The summed E-state index contributed by atoms with van der Waals surface area (Å²) in [5, 5.41) is 4.38. The van der Waals surface area contributed by atoms with Gasteiger partial charge in [0.1, 0.15) is 23.3 Å². The number of benzene rings is 4. The Labute approximate surface area is 414 Å². The Kier molecular flexibility index (Phi) is 14.0. The second-order valence-corrected chi connectivity index (χ2v) is 25.9. The minimum Gasteiger partial charge on any atom is -0.346 e. The molecule has 0 aliphatic carbocycles. The van der Waals surface area contributed by atoms with Gasteiger partial charge in [0.25, 0.3) is 0 Å². The van der Waals surface area contributed by atoms with Crippen LogP contribution in [-0.2, 0) is 47.5 Å². The third kappa shape index (κ3) is 11.1. The van der Waals surface area contributed by atoms with Crippen LogP contribution in [0.4, 0.5) is 24.7 Å². The fourth-order valence-corrected chi connectivity index (χ4v) is 14.2. The zero-order chi connectivity index (χ0) is 49.5. The number of rotatable bonds is 12. The Morgan fingerprint density at radius 3 is 1.29 bits per heavy atom. The summed E-state index contributed by atoms with van der Waals surface area (Å²) >= 11 is 2.72. The molecule has 0 radical (unpaired) electrons. The van der Waals surface area contributed by atoms with E-state index in [1.807, 2.05) is 0 Å². The largest absolute Gasteiger partial charge is 0.346 e. The first-order valence-electron chi connectivity index (χ1n) is 22.6. The van der Waals surface area contributed by atoms with E-state index in [9.17, 15) is 38.8 Å². The fourth-order valence-electron chi connectivity index (χ4n) is 9.36. The molecule has 0 unspecified atom stereocenters. The van der Waals surface area contributed by atoms with Crippen LogP contribution in [0.15, 0.2) is 112 Å². The smallest absolute Gasteiger partial charge is 0.243 e. The summed E-state index contributed by atoms with van der Waals surface area (Å²) in [6.45, 7) is 6.55. The highest BCUT2D eigenvalue weighted by Gasteiger charge is 2.49. The van der Waals surface area contributed by atoms with E-state index in [1.54, 1.807) is 40.7 Å². The molecule has 4 aliphatic rings. The SMILES string of the molecule is CC(=O)Nc1ccc(S(=O)(=O)N2CCC3(CC2)CN(c2nc(Cc4ccc(F)cc4)ns2)C3)cc1.CS(=O)(=O)c1ccc(S(=O)(=O)N2CCC3(CC2)CN(c2nc(Cc4ccc(F)cc4)ns2)C3)cc1. The van der Waals surface area contributed by atoms with Crippen molar-refractivity contribution in [1.29, 1.82) is 0 Å². The fraction of sp³-hybridized carbons (Fsp3) is 0.383. The summed E-state index contributed by atoms with van der Waals surface area (Å²) in [7, 11) is -10.6. The van der Waals surface area contributed by atoms with Gasteiger partial charge in [-0.15, -0.1) is 0 Å². The molecule has 1 amide bonds. The van der Waals surface area contributed by atoms with Gasteiger partial charge in [0, 0.05) is 118 Å². The summed E-state index contributed by atoms with van der Waals surface area (Å²) in [5.41, 5.74) is 2.66. The second-order valence-electron chi connectivity index (χ2n) is 18.6. The summed E-state index contributed by atoms with van der Waals surface area (Å²) in [4.78, 5) is 25.3. The van der Waals surface area contributed by atoms with Crippen LogP contribution in [0.2, 0.25) is 0 Å². The average molecular weight is 1050 g/mol. The number of piperidine rings is 2. The first kappa shape index (κ1) is 49.7. The van der Waals surface area contributed by atoms with Gasteiger partial charge >= 0.3 is 0 Å². The Bertz CT molecular complexity index is 3160. The zero-order valence-electron chi connectivity index (χ0n) is 38.4. The lowest BCUT2D eigenvalue weighted by Crippen LogP contribution is -2.61. The number of carbonyl (C=O) groups excluding carboxylic acids is 1. The lowest BCUT2D eigenvalue weighted by molar-refractivity contribution is -0.114. The molecule has 6 heterocycles. The first-order chi connectivity index (χ1) is 33.3. The quantitative estimate of drug-likeness (QED) is 0.140. The monoisotopic (exact) mass is 1050 g/mol.